The summed E-state index contributed by atoms with van der Waals surface area (Å²) in [5.74, 6) is -0.781. The molecule has 2 rings (SSSR count). The van der Waals surface area contributed by atoms with Crippen LogP contribution in [0.25, 0.3) is 0 Å². The van der Waals surface area contributed by atoms with Gasteiger partial charge in [0.25, 0.3) is 0 Å². The summed E-state index contributed by atoms with van der Waals surface area (Å²) < 4.78 is 0. The quantitative estimate of drug-likeness (QED) is 0.174. The summed E-state index contributed by atoms with van der Waals surface area (Å²) in [5.41, 5.74) is 17.1. The standard InChI is InChI=1S/C21H33N7O3/c22-11-10-18(29)28-13-5-9-17(28)20(31)27-16(8-4-12-25-21(23)24)19(30)26-14-15-6-2-1-3-7-15/h1-3,6-7,16-17H,4-5,8-14,22H2,(H,26,30)(H,27,31)(H4,23,24,25). The molecule has 1 aromatic rings. The largest absolute Gasteiger partial charge is 0.370 e. The van der Waals surface area contributed by atoms with Gasteiger partial charge in [0.1, 0.15) is 12.1 Å². The highest BCUT2D eigenvalue weighted by atomic mass is 16.2. The fraction of sp³-hybridized carbons (Fsp3) is 0.524. The number of carbonyl (C=O) groups excluding carboxylic acids is 3. The van der Waals surface area contributed by atoms with Crippen LogP contribution in [0.3, 0.4) is 0 Å². The van der Waals surface area contributed by atoms with Crippen molar-refractivity contribution in [3.05, 3.63) is 35.9 Å². The van der Waals surface area contributed by atoms with Crippen LogP contribution in [-0.2, 0) is 20.9 Å². The van der Waals surface area contributed by atoms with Gasteiger partial charge in [0.2, 0.25) is 17.7 Å². The number of rotatable bonds is 11. The monoisotopic (exact) mass is 431 g/mol. The number of nitrogens with two attached hydrogens (primary N) is 3. The van der Waals surface area contributed by atoms with Gasteiger partial charge >= 0.3 is 0 Å². The lowest BCUT2D eigenvalue weighted by Gasteiger charge is -2.26. The minimum atomic E-state index is -0.752. The van der Waals surface area contributed by atoms with Crippen LogP contribution in [0.5, 0.6) is 0 Å². The number of hydrogen-bond donors (Lipinski definition) is 5. The zero-order valence-electron chi connectivity index (χ0n) is 17.8. The van der Waals surface area contributed by atoms with E-state index in [0.717, 1.165) is 12.0 Å². The molecule has 2 atom stereocenters. The summed E-state index contributed by atoms with van der Waals surface area (Å²) in [6.07, 6.45) is 2.39. The lowest BCUT2D eigenvalue weighted by Crippen LogP contribution is -2.53. The number of carbonyl (C=O) groups is 3. The fourth-order valence-corrected chi connectivity index (χ4v) is 3.55. The second-order valence-electron chi connectivity index (χ2n) is 7.50. The van der Waals surface area contributed by atoms with Crippen molar-refractivity contribution in [1.29, 1.82) is 0 Å². The molecule has 10 heteroatoms. The molecule has 1 aliphatic heterocycles. The third-order valence-corrected chi connectivity index (χ3v) is 5.12. The van der Waals surface area contributed by atoms with Gasteiger partial charge in [-0.15, -0.1) is 0 Å². The van der Waals surface area contributed by atoms with E-state index in [0.29, 0.717) is 38.9 Å². The molecule has 0 saturated carbocycles. The Morgan fingerprint density at radius 2 is 1.94 bits per heavy atom. The second-order valence-corrected chi connectivity index (χ2v) is 7.50. The predicted octanol–water partition coefficient (Wildman–Crippen LogP) is -0.819. The molecule has 0 bridgehead atoms. The summed E-state index contributed by atoms with van der Waals surface area (Å²) in [7, 11) is 0. The van der Waals surface area contributed by atoms with Gasteiger partial charge in [0, 0.05) is 32.6 Å². The van der Waals surface area contributed by atoms with E-state index in [1.807, 2.05) is 30.3 Å². The zero-order chi connectivity index (χ0) is 22.6. The molecular weight excluding hydrogens is 398 g/mol. The maximum absolute atomic E-state index is 12.9. The van der Waals surface area contributed by atoms with Crippen molar-refractivity contribution < 1.29 is 14.4 Å². The highest BCUT2D eigenvalue weighted by Crippen LogP contribution is 2.19. The second kappa shape index (κ2) is 12.5. The third-order valence-electron chi connectivity index (χ3n) is 5.12. The van der Waals surface area contributed by atoms with E-state index in [1.165, 1.54) is 0 Å². The molecular formula is C21H33N7O3. The third kappa shape index (κ3) is 7.89. The van der Waals surface area contributed by atoms with Crippen LogP contribution in [-0.4, -0.2) is 60.3 Å². The van der Waals surface area contributed by atoms with Crippen molar-refractivity contribution in [2.24, 2.45) is 22.2 Å². The molecule has 1 aromatic carbocycles. The van der Waals surface area contributed by atoms with Crippen molar-refractivity contribution in [2.45, 2.75) is 50.7 Å². The highest BCUT2D eigenvalue weighted by molar-refractivity contribution is 5.92. The summed E-state index contributed by atoms with van der Waals surface area (Å²) in [6, 6.07) is 8.17. The van der Waals surface area contributed by atoms with Crippen molar-refractivity contribution in [3.8, 4) is 0 Å². The number of hydrogen-bond acceptors (Lipinski definition) is 5. The van der Waals surface area contributed by atoms with E-state index in [9.17, 15) is 14.4 Å². The van der Waals surface area contributed by atoms with Crippen LogP contribution >= 0.6 is 0 Å². The molecule has 1 aliphatic rings. The van der Waals surface area contributed by atoms with Gasteiger partial charge in [0.15, 0.2) is 5.96 Å². The predicted molar refractivity (Wildman–Crippen MR) is 119 cm³/mol. The van der Waals surface area contributed by atoms with E-state index in [4.69, 9.17) is 17.2 Å². The first-order chi connectivity index (χ1) is 14.9. The number of guanidine groups is 1. The van der Waals surface area contributed by atoms with Gasteiger partial charge in [0.05, 0.1) is 0 Å². The molecule has 170 valence electrons. The zero-order valence-corrected chi connectivity index (χ0v) is 17.8. The first-order valence-corrected chi connectivity index (χ1v) is 10.6. The van der Waals surface area contributed by atoms with Crippen LogP contribution in [0.4, 0.5) is 0 Å². The van der Waals surface area contributed by atoms with Gasteiger partial charge < -0.3 is 32.7 Å². The maximum Gasteiger partial charge on any atom is 0.243 e. The van der Waals surface area contributed by atoms with E-state index < -0.39 is 12.1 Å². The molecule has 8 N–H and O–H groups in total. The van der Waals surface area contributed by atoms with Crippen LogP contribution in [0, 0.1) is 0 Å². The number of nitrogens with zero attached hydrogens (tertiary/aromatic N) is 2. The molecule has 1 fully saturated rings. The summed E-state index contributed by atoms with van der Waals surface area (Å²) >= 11 is 0. The highest BCUT2D eigenvalue weighted by Gasteiger charge is 2.35. The molecule has 2 unspecified atom stereocenters. The Hall–Kier alpha value is -3.14. The van der Waals surface area contributed by atoms with Gasteiger partial charge in [-0.3, -0.25) is 19.4 Å². The van der Waals surface area contributed by atoms with Crippen molar-refractivity contribution in [1.82, 2.24) is 15.5 Å². The SMILES string of the molecule is NCCC(=O)N1CCCC1C(=O)NC(CCCN=C(N)N)C(=O)NCc1ccccc1. The van der Waals surface area contributed by atoms with Gasteiger partial charge in [-0.05, 0) is 31.2 Å². The number of benzene rings is 1. The Balaban J connectivity index is 2.00. The van der Waals surface area contributed by atoms with Crippen LogP contribution in [0.15, 0.2) is 35.3 Å². The normalized spacial score (nSPS) is 16.4. The average molecular weight is 432 g/mol. The summed E-state index contributed by atoms with van der Waals surface area (Å²) in [5, 5.41) is 5.69. The summed E-state index contributed by atoms with van der Waals surface area (Å²) in [6.45, 7) is 1.46. The molecule has 0 aromatic heterocycles. The van der Waals surface area contributed by atoms with Crippen molar-refractivity contribution >= 4 is 23.7 Å². The number of likely N-dealkylation sites (tertiary alicyclic amines) is 1. The van der Waals surface area contributed by atoms with Crippen LogP contribution in [0.1, 0.15) is 37.7 Å². The van der Waals surface area contributed by atoms with E-state index in [-0.39, 0.29) is 36.6 Å². The van der Waals surface area contributed by atoms with Crippen molar-refractivity contribution in [3.63, 3.8) is 0 Å². The lowest BCUT2D eigenvalue weighted by atomic mass is 10.1. The van der Waals surface area contributed by atoms with Gasteiger partial charge in [-0.25, -0.2) is 0 Å². The number of aliphatic imine (C=N–C) groups is 1. The van der Waals surface area contributed by atoms with E-state index in [2.05, 4.69) is 15.6 Å². The maximum atomic E-state index is 12.9. The fourth-order valence-electron chi connectivity index (χ4n) is 3.55. The Bertz CT molecular complexity index is 765. The van der Waals surface area contributed by atoms with Crippen LogP contribution < -0.4 is 27.8 Å². The minimum Gasteiger partial charge on any atom is -0.370 e. The van der Waals surface area contributed by atoms with E-state index in [1.54, 1.807) is 4.90 Å². The van der Waals surface area contributed by atoms with Gasteiger partial charge in [-0.1, -0.05) is 30.3 Å². The molecule has 1 heterocycles. The van der Waals surface area contributed by atoms with E-state index >= 15 is 0 Å². The smallest absolute Gasteiger partial charge is 0.243 e. The molecule has 0 aliphatic carbocycles. The topological polar surface area (TPSA) is 169 Å². The molecule has 0 radical (unpaired) electrons. The summed E-state index contributed by atoms with van der Waals surface area (Å²) in [4.78, 5) is 43.5. The lowest BCUT2D eigenvalue weighted by molar-refractivity contribution is -0.139. The Kier molecular flexibility index (Phi) is 9.76. The Labute approximate surface area is 182 Å². The number of nitrogens with one attached hydrogen (secondary N) is 2. The average Bonchev–Trinajstić information content (AvgIpc) is 3.25. The minimum absolute atomic E-state index is 0.0193. The molecule has 10 nitrogen and oxygen atoms in total. The Morgan fingerprint density at radius 1 is 1.19 bits per heavy atom. The number of amides is 3. The van der Waals surface area contributed by atoms with Crippen molar-refractivity contribution in [2.75, 3.05) is 19.6 Å². The molecule has 31 heavy (non-hydrogen) atoms. The molecule has 0 spiro atoms. The Morgan fingerprint density at radius 3 is 2.61 bits per heavy atom. The first kappa shape index (κ1) is 24.1. The van der Waals surface area contributed by atoms with Crippen LogP contribution in [0.2, 0.25) is 0 Å². The first-order valence-electron chi connectivity index (χ1n) is 10.6. The molecule has 3 amide bonds. The molecule has 1 saturated heterocycles. The van der Waals surface area contributed by atoms with Gasteiger partial charge in [-0.2, -0.15) is 0 Å².